The summed E-state index contributed by atoms with van der Waals surface area (Å²) >= 11 is 0. The van der Waals surface area contributed by atoms with Crippen molar-refractivity contribution in [1.29, 1.82) is 0 Å². The summed E-state index contributed by atoms with van der Waals surface area (Å²) in [4.78, 5) is 4.26. The smallest absolute Gasteiger partial charge is 0.227 e. The van der Waals surface area contributed by atoms with E-state index < -0.39 is 0 Å². The molecule has 0 aliphatic rings. The van der Waals surface area contributed by atoms with E-state index in [1.807, 2.05) is 42.5 Å². The predicted molar refractivity (Wildman–Crippen MR) is 76.1 cm³/mol. The number of rotatable bonds is 3. The maximum atomic E-state index is 12.9. The van der Waals surface area contributed by atoms with Gasteiger partial charge >= 0.3 is 0 Å². The van der Waals surface area contributed by atoms with Crippen LogP contribution in [0.4, 0.5) is 4.39 Å². The summed E-state index contributed by atoms with van der Waals surface area (Å²) in [5.41, 5.74) is 1.93. The molecule has 3 aromatic rings. The molecule has 0 aliphatic carbocycles. The van der Waals surface area contributed by atoms with Crippen LogP contribution in [0.25, 0.3) is 11.1 Å². The van der Waals surface area contributed by atoms with Gasteiger partial charge in [-0.25, -0.2) is 9.37 Å². The van der Waals surface area contributed by atoms with Crippen LogP contribution in [0.3, 0.4) is 0 Å². The van der Waals surface area contributed by atoms with Gasteiger partial charge in [-0.1, -0.05) is 30.3 Å². The standard InChI is InChI=1S/C17H12FNO/c18-14-8-10-15(11-9-14)20-17-16(7-4-12-19-17)13-5-2-1-3-6-13/h1-12H. The molecule has 0 unspecified atom stereocenters. The van der Waals surface area contributed by atoms with Gasteiger partial charge in [0.05, 0.1) is 0 Å². The lowest BCUT2D eigenvalue weighted by atomic mass is 10.1. The molecular formula is C17H12FNO. The van der Waals surface area contributed by atoms with Gasteiger partial charge in [-0.2, -0.15) is 0 Å². The molecule has 3 heteroatoms. The molecule has 0 amide bonds. The van der Waals surface area contributed by atoms with Crippen LogP contribution in [0.5, 0.6) is 11.6 Å². The highest BCUT2D eigenvalue weighted by Gasteiger charge is 2.08. The maximum Gasteiger partial charge on any atom is 0.227 e. The molecule has 1 aromatic heterocycles. The van der Waals surface area contributed by atoms with Crippen molar-refractivity contribution < 1.29 is 9.13 Å². The Morgan fingerprint density at radius 1 is 0.800 bits per heavy atom. The van der Waals surface area contributed by atoms with Crippen LogP contribution < -0.4 is 4.74 Å². The van der Waals surface area contributed by atoms with Crippen molar-refractivity contribution in [3.05, 3.63) is 78.7 Å². The summed E-state index contributed by atoms with van der Waals surface area (Å²) in [6, 6.07) is 19.6. The van der Waals surface area contributed by atoms with Crippen molar-refractivity contribution >= 4 is 0 Å². The first-order chi connectivity index (χ1) is 9.83. The topological polar surface area (TPSA) is 22.1 Å². The quantitative estimate of drug-likeness (QED) is 0.686. The van der Waals surface area contributed by atoms with E-state index in [2.05, 4.69) is 4.98 Å². The minimum atomic E-state index is -0.290. The van der Waals surface area contributed by atoms with E-state index in [0.717, 1.165) is 11.1 Å². The zero-order valence-corrected chi connectivity index (χ0v) is 10.7. The SMILES string of the molecule is Fc1ccc(Oc2ncccc2-c2ccccc2)cc1. The molecule has 0 fully saturated rings. The van der Waals surface area contributed by atoms with E-state index >= 15 is 0 Å². The monoisotopic (exact) mass is 265 g/mol. The Morgan fingerprint density at radius 3 is 2.30 bits per heavy atom. The van der Waals surface area contributed by atoms with Gasteiger partial charge < -0.3 is 4.74 Å². The first-order valence-electron chi connectivity index (χ1n) is 6.27. The van der Waals surface area contributed by atoms with Gasteiger partial charge in [-0.3, -0.25) is 0 Å². The van der Waals surface area contributed by atoms with E-state index in [-0.39, 0.29) is 5.82 Å². The predicted octanol–water partition coefficient (Wildman–Crippen LogP) is 4.68. The van der Waals surface area contributed by atoms with Gasteiger partial charge in [0, 0.05) is 11.8 Å². The van der Waals surface area contributed by atoms with Crippen molar-refractivity contribution in [1.82, 2.24) is 4.98 Å². The Labute approximate surface area is 116 Å². The fraction of sp³-hybridized carbons (Fsp3) is 0. The number of hydrogen-bond donors (Lipinski definition) is 0. The second kappa shape index (κ2) is 5.53. The van der Waals surface area contributed by atoms with E-state index in [1.165, 1.54) is 12.1 Å². The van der Waals surface area contributed by atoms with Crippen molar-refractivity contribution in [2.45, 2.75) is 0 Å². The second-order valence-corrected chi connectivity index (χ2v) is 4.28. The van der Waals surface area contributed by atoms with E-state index in [4.69, 9.17) is 4.74 Å². The van der Waals surface area contributed by atoms with Gasteiger partial charge in [0.25, 0.3) is 0 Å². The zero-order valence-electron chi connectivity index (χ0n) is 10.7. The third kappa shape index (κ3) is 2.67. The molecule has 2 aromatic carbocycles. The number of ether oxygens (including phenoxy) is 1. The second-order valence-electron chi connectivity index (χ2n) is 4.28. The van der Waals surface area contributed by atoms with Crippen LogP contribution in [0, 0.1) is 5.82 Å². The van der Waals surface area contributed by atoms with Gasteiger partial charge in [0.1, 0.15) is 11.6 Å². The molecule has 0 spiro atoms. The molecule has 0 radical (unpaired) electrons. The Balaban J connectivity index is 1.96. The van der Waals surface area contributed by atoms with Crippen molar-refractivity contribution in [2.24, 2.45) is 0 Å². The van der Waals surface area contributed by atoms with Crippen molar-refractivity contribution in [2.75, 3.05) is 0 Å². The van der Waals surface area contributed by atoms with Crippen molar-refractivity contribution in [3.63, 3.8) is 0 Å². The van der Waals surface area contributed by atoms with Crippen LogP contribution in [-0.4, -0.2) is 4.98 Å². The Bertz CT molecular complexity index is 696. The Hall–Kier alpha value is -2.68. The van der Waals surface area contributed by atoms with Gasteiger partial charge in [0.2, 0.25) is 5.88 Å². The van der Waals surface area contributed by atoms with Gasteiger partial charge in [-0.15, -0.1) is 0 Å². The molecule has 0 saturated carbocycles. The molecule has 0 saturated heterocycles. The molecule has 20 heavy (non-hydrogen) atoms. The highest BCUT2D eigenvalue weighted by Crippen LogP contribution is 2.30. The minimum Gasteiger partial charge on any atom is -0.438 e. The molecule has 1 heterocycles. The average molecular weight is 265 g/mol. The lowest BCUT2D eigenvalue weighted by Crippen LogP contribution is -1.91. The molecule has 2 nitrogen and oxygen atoms in total. The summed E-state index contributed by atoms with van der Waals surface area (Å²) in [6.45, 7) is 0. The van der Waals surface area contributed by atoms with E-state index in [9.17, 15) is 4.39 Å². The lowest BCUT2D eigenvalue weighted by molar-refractivity contribution is 0.463. The van der Waals surface area contributed by atoms with Gasteiger partial charge in [0.15, 0.2) is 0 Å². The number of aromatic nitrogens is 1. The fourth-order valence-corrected chi connectivity index (χ4v) is 1.92. The first-order valence-corrected chi connectivity index (χ1v) is 6.27. The molecule has 0 aliphatic heterocycles. The number of benzene rings is 2. The lowest BCUT2D eigenvalue weighted by Gasteiger charge is -2.09. The largest absolute Gasteiger partial charge is 0.438 e. The highest BCUT2D eigenvalue weighted by molar-refractivity contribution is 5.68. The van der Waals surface area contributed by atoms with Gasteiger partial charge in [-0.05, 0) is 42.0 Å². The van der Waals surface area contributed by atoms with Crippen LogP contribution in [0.1, 0.15) is 0 Å². The summed E-state index contributed by atoms with van der Waals surface area (Å²) in [5, 5.41) is 0. The Morgan fingerprint density at radius 2 is 1.55 bits per heavy atom. The molecule has 0 bridgehead atoms. The molecule has 0 atom stereocenters. The van der Waals surface area contributed by atoms with Crippen LogP contribution >= 0.6 is 0 Å². The molecule has 3 rings (SSSR count). The number of pyridine rings is 1. The highest BCUT2D eigenvalue weighted by atomic mass is 19.1. The number of halogens is 1. The summed E-state index contributed by atoms with van der Waals surface area (Å²) in [7, 11) is 0. The van der Waals surface area contributed by atoms with E-state index in [0.29, 0.717) is 11.6 Å². The molecule has 98 valence electrons. The van der Waals surface area contributed by atoms with E-state index in [1.54, 1.807) is 18.3 Å². The summed E-state index contributed by atoms with van der Waals surface area (Å²) < 4.78 is 18.6. The van der Waals surface area contributed by atoms with Crippen LogP contribution in [0.2, 0.25) is 0 Å². The van der Waals surface area contributed by atoms with Crippen LogP contribution in [-0.2, 0) is 0 Å². The average Bonchev–Trinajstić information content (AvgIpc) is 2.51. The Kier molecular flexibility index (Phi) is 3.42. The third-order valence-corrected chi connectivity index (χ3v) is 2.88. The maximum absolute atomic E-state index is 12.9. The van der Waals surface area contributed by atoms with Crippen LogP contribution in [0.15, 0.2) is 72.9 Å². The summed E-state index contributed by atoms with van der Waals surface area (Å²) in [5.74, 6) is 0.772. The fourth-order valence-electron chi connectivity index (χ4n) is 1.92. The number of nitrogens with zero attached hydrogens (tertiary/aromatic N) is 1. The first kappa shape index (κ1) is 12.4. The summed E-state index contributed by atoms with van der Waals surface area (Å²) in [6.07, 6.45) is 1.67. The molecule has 0 N–H and O–H groups in total. The minimum absolute atomic E-state index is 0.290. The zero-order chi connectivity index (χ0) is 13.8. The molecular weight excluding hydrogens is 253 g/mol. The third-order valence-electron chi connectivity index (χ3n) is 2.88. The van der Waals surface area contributed by atoms with Crippen molar-refractivity contribution in [3.8, 4) is 22.8 Å². The number of hydrogen-bond acceptors (Lipinski definition) is 2. The normalized spacial score (nSPS) is 10.2.